The van der Waals surface area contributed by atoms with Crippen LogP contribution in [0, 0.1) is 12.7 Å². The number of alkyl halides is 3. The summed E-state index contributed by atoms with van der Waals surface area (Å²) in [7, 11) is 1.42. The fourth-order valence-electron chi connectivity index (χ4n) is 5.03. The van der Waals surface area contributed by atoms with Gasteiger partial charge in [-0.25, -0.2) is 9.37 Å². The lowest BCUT2D eigenvalue weighted by molar-refractivity contribution is -0.270. The molecule has 41 heavy (non-hydrogen) atoms. The number of aliphatic hydroxyl groups is 1. The molecular formula is C31H32F4N2O4. The molecule has 2 aliphatic rings. The van der Waals surface area contributed by atoms with Crippen molar-refractivity contribution >= 4 is 11.5 Å². The third-order valence-corrected chi connectivity index (χ3v) is 7.80. The Morgan fingerprint density at radius 1 is 1.12 bits per heavy atom. The van der Waals surface area contributed by atoms with Gasteiger partial charge < -0.3 is 19.9 Å². The molecule has 0 spiro atoms. The number of ketones is 1. The smallest absolute Gasteiger partial charge is 0.422 e. The Balaban J connectivity index is 1.51. The molecule has 0 saturated heterocycles. The summed E-state index contributed by atoms with van der Waals surface area (Å²) in [4.78, 5) is 17.4. The van der Waals surface area contributed by atoms with Crippen LogP contribution >= 0.6 is 0 Å². The first kappa shape index (κ1) is 28.9. The number of hydrogen-bond acceptors (Lipinski definition) is 6. The Labute approximate surface area is 235 Å². The molecule has 5 rings (SSSR count). The number of carbonyl (C=O) groups excluding carboxylic acids is 1. The van der Waals surface area contributed by atoms with Crippen LogP contribution in [-0.4, -0.2) is 41.8 Å². The number of rotatable bonds is 9. The van der Waals surface area contributed by atoms with Gasteiger partial charge in [0.25, 0.3) is 0 Å². The van der Waals surface area contributed by atoms with Gasteiger partial charge in [0.05, 0.1) is 30.3 Å². The number of Topliss-reactive ketones (excluding diaryl/α,β-unsaturated/α-hetero) is 1. The van der Waals surface area contributed by atoms with Crippen LogP contribution in [0.2, 0.25) is 0 Å². The summed E-state index contributed by atoms with van der Waals surface area (Å²) in [6, 6.07) is 9.93. The quantitative estimate of drug-likeness (QED) is 0.215. The molecule has 1 fully saturated rings. The highest BCUT2D eigenvalue weighted by Crippen LogP contribution is 2.48. The van der Waals surface area contributed by atoms with Crippen LogP contribution in [-0.2, 0) is 11.0 Å². The standard InChI is InChI=1S/C31H32F4N2O4/c1-17-13-19(5-9-22(17)32)27-28-21(29(2,3)16-36-28)15-26(37-27)30(39,31(33,34)35)12-11-23(38)18-6-10-24(25(14-18)40-4)41-20-7-8-20/h5-6,9-10,13-15,20,36,39H,7-8,11-12,16H2,1-4H3. The summed E-state index contributed by atoms with van der Waals surface area (Å²) < 4.78 is 69.0. The number of pyridine rings is 1. The summed E-state index contributed by atoms with van der Waals surface area (Å²) >= 11 is 0. The first-order chi connectivity index (χ1) is 19.2. The molecule has 1 unspecified atom stereocenters. The SMILES string of the molecule is COc1cc(C(=O)CCC(O)(c2cc3c(c(-c4ccc(F)c(C)c4)n2)NCC3(C)C)C(F)(F)F)ccc1OC1CC1. The average Bonchev–Trinajstić information content (AvgIpc) is 3.69. The van der Waals surface area contributed by atoms with Crippen LogP contribution in [0.25, 0.3) is 11.3 Å². The number of fused-ring (bicyclic) bond motifs is 1. The maximum absolute atomic E-state index is 14.6. The zero-order valence-corrected chi connectivity index (χ0v) is 23.3. The van der Waals surface area contributed by atoms with Crippen molar-refractivity contribution in [2.75, 3.05) is 19.0 Å². The number of carbonyl (C=O) groups is 1. The number of ether oxygens (including phenoxy) is 2. The number of aromatic nitrogens is 1. The van der Waals surface area contributed by atoms with E-state index in [1.165, 1.54) is 43.5 Å². The lowest BCUT2D eigenvalue weighted by atomic mass is 9.83. The Morgan fingerprint density at radius 3 is 2.49 bits per heavy atom. The minimum absolute atomic E-state index is 0.0935. The van der Waals surface area contributed by atoms with Crippen molar-refractivity contribution in [2.24, 2.45) is 0 Å². The van der Waals surface area contributed by atoms with Crippen LogP contribution in [0.1, 0.15) is 66.7 Å². The Morgan fingerprint density at radius 2 is 1.85 bits per heavy atom. The van der Waals surface area contributed by atoms with E-state index in [-0.39, 0.29) is 17.4 Å². The third kappa shape index (κ3) is 5.49. The van der Waals surface area contributed by atoms with Crippen molar-refractivity contribution in [3.05, 3.63) is 70.7 Å². The van der Waals surface area contributed by atoms with Crippen LogP contribution < -0.4 is 14.8 Å². The van der Waals surface area contributed by atoms with Gasteiger partial charge in [-0.05, 0) is 79.8 Å². The van der Waals surface area contributed by atoms with Gasteiger partial charge in [-0.1, -0.05) is 13.8 Å². The fourth-order valence-corrected chi connectivity index (χ4v) is 5.03. The summed E-state index contributed by atoms with van der Waals surface area (Å²) in [6.07, 6.45) is -4.75. The molecule has 1 saturated carbocycles. The van der Waals surface area contributed by atoms with E-state index in [1.807, 2.05) is 13.8 Å². The van der Waals surface area contributed by atoms with Gasteiger partial charge in [0.15, 0.2) is 17.3 Å². The summed E-state index contributed by atoms with van der Waals surface area (Å²) in [5, 5.41) is 14.5. The summed E-state index contributed by atoms with van der Waals surface area (Å²) in [5.74, 6) is -0.283. The first-order valence-electron chi connectivity index (χ1n) is 13.5. The van der Waals surface area contributed by atoms with E-state index in [9.17, 15) is 27.5 Å². The fraction of sp³-hybridized carbons (Fsp3) is 0.419. The zero-order chi connectivity index (χ0) is 29.7. The topological polar surface area (TPSA) is 80.7 Å². The second-order valence-electron chi connectivity index (χ2n) is 11.4. The largest absolute Gasteiger partial charge is 0.493 e. The second kappa shape index (κ2) is 10.3. The molecule has 10 heteroatoms. The molecule has 0 amide bonds. The highest BCUT2D eigenvalue weighted by Gasteiger charge is 2.56. The lowest BCUT2D eigenvalue weighted by Gasteiger charge is -2.31. The Kier molecular flexibility index (Phi) is 7.26. The molecule has 1 aliphatic carbocycles. The maximum Gasteiger partial charge on any atom is 0.422 e. The van der Waals surface area contributed by atoms with Crippen molar-refractivity contribution in [3.63, 3.8) is 0 Å². The Hall–Kier alpha value is -3.66. The zero-order valence-electron chi connectivity index (χ0n) is 23.3. The molecule has 1 aliphatic heterocycles. The second-order valence-corrected chi connectivity index (χ2v) is 11.4. The molecule has 2 N–H and O–H groups in total. The number of benzene rings is 2. The number of anilines is 1. The highest BCUT2D eigenvalue weighted by molar-refractivity contribution is 5.96. The number of hydrogen-bond donors (Lipinski definition) is 2. The molecule has 218 valence electrons. The molecule has 1 atom stereocenters. The molecule has 2 aromatic carbocycles. The number of nitrogens with zero attached hydrogens (tertiary/aromatic N) is 1. The number of halogens is 4. The molecule has 0 bridgehead atoms. The van der Waals surface area contributed by atoms with Crippen molar-refractivity contribution < 1.29 is 36.9 Å². The van der Waals surface area contributed by atoms with E-state index in [1.54, 1.807) is 13.0 Å². The minimum Gasteiger partial charge on any atom is -0.493 e. The van der Waals surface area contributed by atoms with E-state index in [4.69, 9.17) is 9.47 Å². The predicted molar refractivity (Wildman–Crippen MR) is 146 cm³/mol. The predicted octanol–water partition coefficient (Wildman–Crippen LogP) is 6.86. The van der Waals surface area contributed by atoms with Crippen molar-refractivity contribution in [2.45, 2.75) is 69.8 Å². The van der Waals surface area contributed by atoms with Crippen molar-refractivity contribution in [1.29, 1.82) is 0 Å². The van der Waals surface area contributed by atoms with E-state index in [0.29, 0.717) is 40.4 Å². The molecule has 2 heterocycles. The molecule has 3 aromatic rings. The Bertz CT molecular complexity index is 1500. The molecule has 1 aromatic heterocycles. The molecule has 0 radical (unpaired) electrons. The van der Waals surface area contributed by atoms with Crippen molar-refractivity contribution in [3.8, 4) is 22.8 Å². The van der Waals surface area contributed by atoms with Gasteiger partial charge in [-0.2, -0.15) is 13.2 Å². The third-order valence-electron chi connectivity index (χ3n) is 7.80. The van der Waals surface area contributed by atoms with Gasteiger partial charge in [-0.3, -0.25) is 4.79 Å². The van der Waals surface area contributed by atoms with Crippen LogP contribution in [0.3, 0.4) is 0 Å². The van der Waals surface area contributed by atoms with Crippen LogP contribution in [0.5, 0.6) is 11.5 Å². The number of aryl methyl sites for hydroxylation is 1. The van der Waals surface area contributed by atoms with E-state index >= 15 is 0 Å². The van der Waals surface area contributed by atoms with E-state index in [0.717, 1.165) is 12.8 Å². The lowest BCUT2D eigenvalue weighted by Crippen LogP contribution is -2.43. The van der Waals surface area contributed by atoms with E-state index < -0.39 is 47.3 Å². The average molecular weight is 573 g/mol. The van der Waals surface area contributed by atoms with Crippen LogP contribution in [0.4, 0.5) is 23.2 Å². The summed E-state index contributed by atoms with van der Waals surface area (Å²) in [5.41, 5.74) is -2.49. The highest BCUT2D eigenvalue weighted by atomic mass is 19.4. The molecular weight excluding hydrogens is 540 g/mol. The van der Waals surface area contributed by atoms with Gasteiger partial charge >= 0.3 is 6.18 Å². The number of methoxy groups -OCH3 is 1. The van der Waals surface area contributed by atoms with Crippen molar-refractivity contribution in [1.82, 2.24) is 4.98 Å². The minimum atomic E-state index is -5.14. The summed E-state index contributed by atoms with van der Waals surface area (Å²) in [6.45, 7) is 5.73. The van der Waals surface area contributed by atoms with Gasteiger partial charge in [0.1, 0.15) is 5.82 Å². The van der Waals surface area contributed by atoms with Gasteiger partial charge in [0.2, 0.25) is 5.60 Å². The van der Waals surface area contributed by atoms with Crippen LogP contribution in [0.15, 0.2) is 42.5 Å². The monoisotopic (exact) mass is 572 g/mol. The maximum atomic E-state index is 14.6. The van der Waals surface area contributed by atoms with E-state index in [2.05, 4.69) is 10.3 Å². The normalized spacial score (nSPS) is 17.4. The molecule has 6 nitrogen and oxygen atoms in total. The van der Waals surface area contributed by atoms with Gasteiger partial charge in [0, 0.05) is 29.5 Å². The van der Waals surface area contributed by atoms with Gasteiger partial charge in [-0.15, -0.1) is 0 Å². The first-order valence-corrected chi connectivity index (χ1v) is 13.5. The number of nitrogens with one attached hydrogen (secondary N) is 1.